The van der Waals surface area contributed by atoms with E-state index in [1.165, 1.54) is 0 Å². The number of ether oxygens (including phenoxy) is 6. The number of aliphatic hydroxyl groups is 1. The van der Waals surface area contributed by atoms with Crippen LogP contribution in [-0.4, -0.2) is 74.6 Å². The quantitative estimate of drug-likeness (QED) is 0.533. The molecule has 7 unspecified atom stereocenters. The lowest BCUT2D eigenvalue weighted by molar-refractivity contribution is -0.276. The van der Waals surface area contributed by atoms with E-state index < -0.39 is 6.29 Å². The SMILES string of the molecule is OC(COCC1CCC2OC2C1)OC1COC(C2CCC3OC3C2)OC1. The molecule has 5 fully saturated rings. The number of aliphatic hydroxyl groups excluding tert-OH is 1. The summed E-state index contributed by atoms with van der Waals surface area (Å²) < 4.78 is 34.1. The third kappa shape index (κ3) is 4.24. The molecule has 3 saturated heterocycles. The molecule has 0 aromatic heterocycles. The van der Waals surface area contributed by atoms with Crippen molar-refractivity contribution in [2.24, 2.45) is 11.8 Å². The van der Waals surface area contributed by atoms with Crippen molar-refractivity contribution in [1.82, 2.24) is 0 Å². The number of epoxide rings is 2. The minimum Gasteiger partial charge on any atom is -0.376 e. The topological polar surface area (TPSA) is 82.2 Å². The lowest BCUT2D eigenvalue weighted by atomic mass is 9.88. The molecule has 5 rings (SSSR count). The van der Waals surface area contributed by atoms with E-state index in [1.807, 2.05) is 0 Å². The Bertz CT molecular complexity index is 481. The van der Waals surface area contributed by atoms with E-state index in [0.29, 0.717) is 56.1 Å². The number of rotatable bonds is 7. The van der Waals surface area contributed by atoms with Crippen LogP contribution in [0.5, 0.6) is 0 Å². The molecule has 2 saturated carbocycles. The van der Waals surface area contributed by atoms with Crippen molar-refractivity contribution in [1.29, 1.82) is 0 Å². The van der Waals surface area contributed by atoms with Crippen molar-refractivity contribution in [3.8, 4) is 0 Å². The number of hydrogen-bond acceptors (Lipinski definition) is 7. The van der Waals surface area contributed by atoms with Gasteiger partial charge in [-0.25, -0.2) is 0 Å². The second kappa shape index (κ2) is 7.62. The Balaban J connectivity index is 0.959. The standard InChI is InChI=1S/C19H30O7/c20-18(10-21-7-11-1-3-14-16(5-11)25-14)24-13-8-22-19(23-9-13)12-2-4-15-17(6-12)26-15/h11-20H,1-10H2. The molecular formula is C19H30O7. The Kier molecular flexibility index (Phi) is 5.22. The van der Waals surface area contributed by atoms with Gasteiger partial charge < -0.3 is 33.5 Å². The van der Waals surface area contributed by atoms with Gasteiger partial charge in [-0.2, -0.15) is 0 Å². The molecule has 26 heavy (non-hydrogen) atoms. The lowest BCUT2D eigenvalue weighted by Crippen LogP contribution is -2.44. The van der Waals surface area contributed by atoms with Gasteiger partial charge in [-0.05, 0) is 44.4 Å². The van der Waals surface area contributed by atoms with Crippen molar-refractivity contribution < 1.29 is 33.5 Å². The molecule has 7 nitrogen and oxygen atoms in total. The van der Waals surface area contributed by atoms with Crippen LogP contribution >= 0.6 is 0 Å². The minimum absolute atomic E-state index is 0.159. The van der Waals surface area contributed by atoms with E-state index in [9.17, 15) is 5.11 Å². The summed E-state index contributed by atoms with van der Waals surface area (Å²) in [6.45, 7) is 1.76. The summed E-state index contributed by atoms with van der Waals surface area (Å²) >= 11 is 0. The Morgan fingerprint density at radius 2 is 1.62 bits per heavy atom. The summed E-state index contributed by atoms with van der Waals surface area (Å²) in [5.74, 6) is 0.956. The maximum Gasteiger partial charge on any atom is 0.178 e. The molecular weight excluding hydrogens is 340 g/mol. The number of hydrogen-bond donors (Lipinski definition) is 1. The maximum atomic E-state index is 10.0. The maximum absolute atomic E-state index is 10.0. The van der Waals surface area contributed by atoms with Gasteiger partial charge in [0.05, 0.1) is 44.2 Å². The van der Waals surface area contributed by atoms with Gasteiger partial charge in [-0.3, -0.25) is 0 Å². The fraction of sp³-hybridized carbons (Fsp3) is 1.00. The summed E-state index contributed by atoms with van der Waals surface area (Å²) in [5, 5.41) is 10.0. The van der Waals surface area contributed by atoms with Crippen molar-refractivity contribution in [2.45, 2.75) is 81.6 Å². The first kappa shape index (κ1) is 17.8. The summed E-state index contributed by atoms with van der Waals surface area (Å²) in [4.78, 5) is 0. The molecule has 5 aliphatic rings. The van der Waals surface area contributed by atoms with Gasteiger partial charge in [0, 0.05) is 12.5 Å². The molecule has 0 amide bonds. The third-order valence-corrected chi connectivity index (χ3v) is 6.40. The molecule has 2 aliphatic carbocycles. The van der Waals surface area contributed by atoms with Crippen LogP contribution in [0.3, 0.4) is 0 Å². The Hall–Kier alpha value is -0.280. The molecule has 1 N–H and O–H groups in total. The molecule has 0 aromatic carbocycles. The van der Waals surface area contributed by atoms with Crippen molar-refractivity contribution >= 4 is 0 Å². The highest BCUT2D eigenvalue weighted by atomic mass is 16.7. The van der Waals surface area contributed by atoms with Gasteiger partial charge in [0.1, 0.15) is 6.10 Å². The van der Waals surface area contributed by atoms with Crippen LogP contribution in [0, 0.1) is 11.8 Å². The van der Waals surface area contributed by atoms with Crippen molar-refractivity contribution in [3.63, 3.8) is 0 Å². The molecule has 3 aliphatic heterocycles. The van der Waals surface area contributed by atoms with E-state index in [2.05, 4.69) is 0 Å². The fourth-order valence-electron chi connectivity index (χ4n) is 4.77. The highest BCUT2D eigenvalue weighted by Gasteiger charge is 2.47. The summed E-state index contributed by atoms with van der Waals surface area (Å²) in [6, 6.07) is 0. The second-order valence-electron chi connectivity index (χ2n) is 8.46. The van der Waals surface area contributed by atoms with Crippen LogP contribution in [-0.2, 0) is 28.4 Å². The van der Waals surface area contributed by atoms with E-state index in [0.717, 1.165) is 38.5 Å². The van der Waals surface area contributed by atoms with E-state index in [4.69, 9.17) is 28.4 Å². The van der Waals surface area contributed by atoms with Gasteiger partial charge in [0.25, 0.3) is 0 Å². The van der Waals surface area contributed by atoms with Crippen molar-refractivity contribution in [2.75, 3.05) is 26.4 Å². The van der Waals surface area contributed by atoms with Gasteiger partial charge in [-0.1, -0.05) is 0 Å². The highest BCUT2D eigenvalue weighted by molar-refractivity contribution is 4.93. The van der Waals surface area contributed by atoms with Gasteiger partial charge in [0.2, 0.25) is 0 Å². The Morgan fingerprint density at radius 1 is 0.885 bits per heavy atom. The van der Waals surface area contributed by atoms with Crippen LogP contribution in [0.15, 0.2) is 0 Å². The smallest absolute Gasteiger partial charge is 0.178 e. The lowest BCUT2D eigenvalue weighted by Gasteiger charge is -2.35. The average Bonchev–Trinajstić information content (AvgIpc) is 3.55. The zero-order valence-electron chi connectivity index (χ0n) is 15.2. The summed E-state index contributed by atoms with van der Waals surface area (Å²) in [5.41, 5.74) is 0. The molecule has 7 atom stereocenters. The van der Waals surface area contributed by atoms with Crippen LogP contribution in [0.2, 0.25) is 0 Å². The monoisotopic (exact) mass is 370 g/mol. The van der Waals surface area contributed by atoms with E-state index >= 15 is 0 Å². The van der Waals surface area contributed by atoms with Crippen LogP contribution in [0.1, 0.15) is 38.5 Å². The second-order valence-corrected chi connectivity index (χ2v) is 8.46. The molecule has 0 bridgehead atoms. The van der Waals surface area contributed by atoms with Crippen LogP contribution in [0.25, 0.3) is 0 Å². The predicted molar refractivity (Wildman–Crippen MR) is 89.4 cm³/mol. The average molecular weight is 370 g/mol. The summed E-state index contributed by atoms with van der Waals surface area (Å²) in [6.07, 6.45) is 7.18. The van der Waals surface area contributed by atoms with Crippen molar-refractivity contribution in [3.05, 3.63) is 0 Å². The van der Waals surface area contributed by atoms with Crippen LogP contribution < -0.4 is 0 Å². The van der Waals surface area contributed by atoms with E-state index in [-0.39, 0.29) is 19.0 Å². The first-order chi connectivity index (χ1) is 12.7. The normalized spacial score (nSPS) is 48.3. The zero-order chi connectivity index (χ0) is 17.5. The van der Waals surface area contributed by atoms with Gasteiger partial charge >= 0.3 is 0 Å². The van der Waals surface area contributed by atoms with Crippen LogP contribution in [0.4, 0.5) is 0 Å². The molecule has 148 valence electrons. The minimum atomic E-state index is -0.937. The predicted octanol–water partition coefficient (Wildman–Crippen LogP) is 1.21. The first-order valence-electron chi connectivity index (χ1n) is 10.2. The first-order valence-corrected chi connectivity index (χ1v) is 10.2. The zero-order valence-corrected chi connectivity index (χ0v) is 15.2. The van der Waals surface area contributed by atoms with E-state index in [1.54, 1.807) is 0 Å². The summed E-state index contributed by atoms with van der Waals surface area (Å²) in [7, 11) is 0. The molecule has 0 radical (unpaired) electrons. The Morgan fingerprint density at radius 3 is 2.35 bits per heavy atom. The van der Waals surface area contributed by atoms with Gasteiger partial charge in [0.15, 0.2) is 12.6 Å². The van der Waals surface area contributed by atoms with Gasteiger partial charge in [-0.15, -0.1) is 0 Å². The molecule has 7 heteroatoms. The fourth-order valence-corrected chi connectivity index (χ4v) is 4.77. The molecule has 0 spiro atoms. The molecule has 3 heterocycles. The largest absolute Gasteiger partial charge is 0.376 e. The Labute approximate surface area is 154 Å². The number of fused-ring (bicyclic) bond motifs is 2. The third-order valence-electron chi connectivity index (χ3n) is 6.40. The molecule has 0 aromatic rings. The highest BCUT2D eigenvalue weighted by Crippen LogP contribution is 2.42.